The van der Waals surface area contributed by atoms with Gasteiger partial charge in [-0.25, -0.2) is 13.2 Å². The lowest BCUT2D eigenvalue weighted by atomic mass is 10.2. The largest absolute Gasteiger partial charge is 0.497 e. The number of methoxy groups -OCH3 is 1. The van der Waals surface area contributed by atoms with Crippen LogP contribution in [0.5, 0.6) is 5.75 Å². The molecule has 1 atom stereocenters. The van der Waals surface area contributed by atoms with Crippen molar-refractivity contribution in [2.24, 2.45) is 0 Å². The topological polar surface area (TPSA) is 101 Å². The van der Waals surface area contributed by atoms with Gasteiger partial charge in [0.05, 0.1) is 16.9 Å². The lowest BCUT2D eigenvalue weighted by Gasteiger charge is -2.07. The van der Waals surface area contributed by atoms with Crippen molar-refractivity contribution in [2.45, 2.75) is 11.0 Å². The third kappa shape index (κ3) is 1.77. The van der Waals surface area contributed by atoms with Crippen LogP contribution < -0.4 is 4.74 Å². The molecule has 96 valence electrons. The number of aliphatic carboxylic acids is 1. The number of carboxylic acids is 1. The van der Waals surface area contributed by atoms with Crippen LogP contribution in [0.1, 0.15) is 5.56 Å². The Morgan fingerprint density at radius 2 is 2.06 bits per heavy atom. The molecule has 0 spiro atoms. The van der Waals surface area contributed by atoms with Gasteiger partial charge in [0.2, 0.25) is 9.84 Å². The third-order valence-electron chi connectivity index (χ3n) is 2.62. The van der Waals surface area contributed by atoms with Gasteiger partial charge in [-0.3, -0.25) is 0 Å². The molecule has 0 saturated carbocycles. The van der Waals surface area contributed by atoms with Crippen LogP contribution in [-0.2, 0) is 14.6 Å². The van der Waals surface area contributed by atoms with Gasteiger partial charge in [-0.2, -0.15) is 0 Å². The van der Waals surface area contributed by atoms with E-state index in [-0.39, 0.29) is 4.90 Å². The summed E-state index contributed by atoms with van der Waals surface area (Å²) in [4.78, 5) is 10.1. The molecule has 1 aliphatic rings. The number of carbonyl (C=O) groups is 1. The number of rotatable bonds is 3. The fraction of sp³-hybridized carbons (Fsp3) is 0.182. The minimum absolute atomic E-state index is 0.0582. The first-order chi connectivity index (χ1) is 8.37. The van der Waals surface area contributed by atoms with Gasteiger partial charge >= 0.3 is 5.97 Å². The minimum Gasteiger partial charge on any atom is -0.497 e. The van der Waals surface area contributed by atoms with Gasteiger partial charge in [-0.1, -0.05) is 0 Å². The Kier molecular flexibility index (Phi) is 2.88. The number of benzene rings is 1. The Hall–Kier alpha value is -1.86. The molecule has 7 heteroatoms. The van der Waals surface area contributed by atoms with Crippen molar-refractivity contribution in [3.05, 3.63) is 28.7 Å². The highest BCUT2D eigenvalue weighted by Gasteiger charge is 2.37. The van der Waals surface area contributed by atoms with E-state index < -0.39 is 26.8 Å². The molecular formula is C11H10O6S. The van der Waals surface area contributed by atoms with Crippen LogP contribution in [0.4, 0.5) is 0 Å². The zero-order valence-corrected chi connectivity index (χ0v) is 10.1. The summed E-state index contributed by atoms with van der Waals surface area (Å²) in [7, 11) is -2.58. The van der Waals surface area contributed by atoms with Gasteiger partial charge in [0.1, 0.15) is 5.75 Å². The molecule has 1 unspecified atom stereocenters. The summed E-state index contributed by atoms with van der Waals surface area (Å²) in [6, 6.07) is 4.34. The Labute approximate surface area is 103 Å². The Balaban J connectivity index is 2.57. The Morgan fingerprint density at radius 3 is 2.61 bits per heavy atom. The van der Waals surface area contributed by atoms with E-state index >= 15 is 0 Å². The van der Waals surface area contributed by atoms with E-state index in [4.69, 9.17) is 9.84 Å². The van der Waals surface area contributed by atoms with Gasteiger partial charge in [-0.15, -0.1) is 0 Å². The van der Waals surface area contributed by atoms with Crippen molar-refractivity contribution in [3.63, 3.8) is 0 Å². The molecule has 1 aromatic rings. The maximum atomic E-state index is 12.1. The van der Waals surface area contributed by atoms with Crippen molar-refractivity contribution in [1.29, 1.82) is 0 Å². The van der Waals surface area contributed by atoms with Crippen LogP contribution in [0.15, 0.2) is 28.0 Å². The minimum atomic E-state index is -3.97. The summed E-state index contributed by atoms with van der Waals surface area (Å²) >= 11 is 0. The number of ether oxygens (including phenoxy) is 1. The maximum absolute atomic E-state index is 12.1. The zero-order valence-electron chi connectivity index (χ0n) is 9.32. The molecule has 0 bridgehead atoms. The van der Waals surface area contributed by atoms with Crippen molar-refractivity contribution in [2.75, 3.05) is 7.11 Å². The first kappa shape index (κ1) is 12.6. The van der Waals surface area contributed by atoms with E-state index in [1.54, 1.807) is 6.07 Å². The van der Waals surface area contributed by atoms with E-state index in [2.05, 4.69) is 0 Å². The second kappa shape index (κ2) is 4.11. The molecule has 1 heterocycles. The summed E-state index contributed by atoms with van der Waals surface area (Å²) < 4.78 is 29.0. The van der Waals surface area contributed by atoms with Gasteiger partial charge in [-0.05, 0) is 29.8 Å². The molecule has 18 heavy (non-hydrogen) atoms. The first-order valence-corrected chi connectivity index (χ1v) is 6.42. The highest BCUT2D eigenvalue weighted by Crippen LogP contribution is 2.36. The van der Waals surface area contributed by atoms with Crippen molar-refractivity contribution in [1.82, 2.24) is 0 Å². The van der Waals surface area contributed by atoms with Crippen LogP contribution in [0.3, 0.4) is 0 Å². The summed E-state index contributed by atoms with van der Waals surface area (Å²) in [5.74, 6) is -1.26. The molecule has 2 N–H and O–H groups in total. The number of hydrogen-bond donors (Lipinski definition) is 2. The molecule has 0 aromatic heterocycles. The lowest BCUT2D eigenvalue weighted by Crippen LogP contribution is -2.25. The molecular weight excluding hydrogens is 260 g/mol. The predicted molar refractivity (Wildman–Crippen MR) is 61.8 cm³/mol. The standard InChI is InChI=1S/C11H10O6S/c1-17-7-3-2-6-4-9(10(12)11(13)14)18(15,16)8(6)5-7/h2-5,10,12H,1H3,(H,13,14). The van der Waals surface area contributed by atoms with Gasteiger partial charge in [0.15, 0.2) is 6.10 Å². The number of aliphatic hydroxyl groups is 1. The SMILES string of the molecule is COc1ccc2c(c1)S(=O)(=O)C(C(O)C(=O)O)=C2. The van der Waals surface area contributed by atoms with Crippen LogP contribution in [0, 0.1) is 0 Å². The predicted octanol–water partition coefficient (Wildman–Crippen LogP) is 0.269. The quantitative estimate of drug-likeness (QED) is 0.817. The molecule has 0 amide bonds. The fourth-order valence-corrected chi connectivity index (χ4v) is 3.34. The fourth-order valence-electron chi connectivity index (χ4n) is 1.70. The van der Waals surface area contributed by atoms with E-state index in [1.165, 1.54) is 19.2 Å². The third-order valence-corrected chi connectivity index (χ3v) is 4.52. The van der Waals surface area contributed by atoms with Gasteiger partial charge < -0.3 is 14.9 Å². The summed E-state index contributed by atoms with van der Waals surface area (Å²) in [6.07, 6.45) is -0.906. The van der Waals surface area contributed by atoms with Crippen molar-refractivity contribution in [3.8, 4) is 5.75 Å². The number of sulfone groups is 1. The smallest absolute Gasteiger partial charge is 0.337 e. The van der Waals surface area contributed by atoms with Crippen LogP contribution in [-0.4, -0.2) is 37.8 Å². The van der Waals surface area contributed by atoms with Crippen LogP contribution in [0.2, 0.25) is 0 Å². The number of aliphatic hydroxyl groups excluding tert-OH is 1. The Bertz CT molecular complexity index is 643. The normalized spacial score (nSPS) is 17.8. The molecule has 6 nitrogen and oxygen atoms in total. The number of carboxylic acid groups (broad SMARTS) is 1. The van der Waals surface area contributed by atoms with E-state index in [0.29, 0.717) is 11.3 Å². The molecule has 0 radical (unpaired) electrons. The second-order valence-corrected chi connectivity index (χ2v) is 5.61. The highest BCUT2D eigenvalue weighted by atomic mass is 32.2. The molecule has 2 rings (SSSR count). The van der Waals surface area contributed by atoms with E-state index in [9.17, 15) is 18.3 Å². The van der Waals surface area contributed by atoms with Crippen LogP contribution >= 0.6 is 0 Å². The second-order valence-electron chi connectivity index (χ2n) is 3.69. The highest BCUT2D eigenvalue weighted by molar-refractivity contribution is 7.96. The van der Waals surface area contributed by atoms with Crippen LogP contribution in [0.25, 0.3) is 6.08 Å². The van der Waals surface area contributed by atoms with Crippen molar-refractivity contribution >= 4 is 21.9 Å². The van der Waals surface area contributed by atoms with Gasteiger partial charge in [0, 0.05) is 0 Å². The molecule has 0 fully saturated rings. The molecule has 0 aliphatic carbocycles. The molecule has 1 aliphatic heterocycles. The van der Waals surface area contributed by atoms with E-state index in [1.807, 2.05) is 0 Å². The monoisotopic (exact) mass is 270 g/mol. The van der Waals surface area contributed by atoms with Crippen molar-refractivity contribution < 1.29 is 28.2 Å². The number of hydrogen-bond acceptors (Lipinski definition) is 5. The summed E-state index contributed by atoms with van der Waals surface area (Å²) in [6.45, 7) is 0. The maximum Gasteiger partial charge on any atom is 0.337 e. The molecule has 0 saturated heterocycles. The average molecular weight is 270 g/mol. The number of fused-ring (bicyclic) bond motifs is 1. The average Bonchev–Trinajstić information content (AvgIpc) is 2.59. The molecule has 1 aromatic carbocycles. The van der Waals surface area contributed by atoms with E-state index in [0.717, 1.165) is 6.08 Å². The summed E-state index contributed by atoms with van der Waals surface area (Å²) in [5.41, 5.74) is 0.339. The Morgan fingerprint density at radius 1 is 1.39 bits per heavy atom. The first-order valence-electron chi connectivity index (χ1n) is 4.93. The zero-order chi connectivity index (χ0) is 13.5. The van der Waals surface area contributed by atoms with Gasteiger partial charge in [0.25, 0.3) is 0 Å². The lowest BCUT2D eigenvalue weighted by molar-refractivity contribution is -0.144. The summed E-state index contributed by atoms with van der Waals surface area (Å²) in [5, 5.41) is 18.1.